The minimum absolute atomic E-state index is 0.558. The molecule has 14 heavy (non-hydrogen) atoms. The van der Waals surface area contributed by atoms with Crippen molar-refractivity contribution in [1.82, 2.24) is 0 Å². The predicted molar refractivity (Wildman–Crippen MR) is 43.0 cm³/mol. The highest BCUT2D eigenvalue weighted by atomic mass is 16.4. The third-order valence-electron chi connectivity index (χ3n) is 0.525. The third kappa shape index (κ3) is 22.7. The SMILES string of the molecule is NN=NC(N)=O.O=C(O)/C=C\C(=O)O. The van der Waals surface area contributed by atoms with Crippen molar-refractivity contribution in [3.8, 4) is 0 Å². The van der Waals surface area contributed by atoms with E-state index in [2.05, 4.69) is 21.9 Å². The third-order valence-corrected chi connectivity index (χ3v) is 0.525. The molecule has 0 radical (unpaired) electrons. The van der Waals surface area contributed by atoms with E-state index in [1.165, 1.54) is 0 Å². The van der Waals surface area contributed by atoms with Gasteiger partial charge in [0.1, 0.15) is 0 Å². The number of carbonyl (C=O) groups excluding carboxylic acids is 1. The van der Waals surface area contributed by atoms with E-state index in [0.29, 0.717) is 12.2 Å². The largest absolute Gasteiger partial charge is 0.478 e. The van der Waals surface area contributed by atoms with Gasteiger partial charge >= 0.3 is 18.0 Å². The van der Waals surface area contributed by atoms with Crippen molar-refractivity contribution in [3.63, 3.8) is 0 Å². The Hall–Kier alpha value is -2.45. The van der Waals surface area contributed by atoms with Crippen LogP contribution in [-0.2, 0) is 9.59 Å². The van der Waals surface area contributed by atoms with Gasteiger partial charge in [-0.15, -0.1) is 0 Å². The smallest absolute Gasteiger partial charge is 0.358 e. The van der Waals surface area contributed by atoms with Crippen molar-refractivity contribution in [1.29, 1.82) is 0 Å². The lowest BCUT2D eigenvalue weighted by molar-refractivity contribution is -0.134. The van der Waals surface area contributed by atoms with E-state index in [4.69, 9.17) is 10.2 Å². The molecule has 0 rings (SSSR count). The van der Waals surface area contributed by atoms with Gasteiger partial charge in [-0.2, -0.15) is 0 Å². The molecule has 9 nitrogen and oxygen atoms in total. The van der Waals surface area contributed by atoms with Crippen molar-refractivity contribution in [3.05, 3.63) is 12.2 Å². The van der Waals surface area contributed by atoms with Crippen LogP contribution in [0.3, 0.4) is 0 Å². The Balaban J connectivity index is 0. The topological polar surface area (TPSA) is 168 Å². The Bertz CT molecular complexity index is 255. The maximum absolute atomic E-state index is 9.55. The molecular formula is C5H8N4O5. The number of carbonyl (C=O) groups is 3. The molecule has 0 atom stereocenters. The molecule has 0 aliphatic rings. The average Bonchev–Trinajstić information content (AvgIpc) is 2.01. The summed E-state index contributed by atoms with van der Waals surface area (Å²) in [5, 5.41) is 20.9. The minimum atomic E-state index is -1.26. The first-order valence-electron chi connectivity index (χ1n) is 2.94. The zero-order chi connectivity index (χ0) is 11.6. The summed E-state index contributed by atoms with van der Waals surface area (Å²) in [6.07, 6.45) is 1.12. The summed E-state index contributed by atoms with van der Waals surface area (Å²) in [4.78, 5) is 28.6. The number of carboxylic acid groups (broad SMARTS) is 2. The van der Waals surface area contributed by atoms with Crippen LogP contribution in [0.5, 0.6) is 0 Å². The highest BCUT2D eigenvalue weighted by Gasteiger charge is 1.88. The average molecular weight is 204 g/mol. The number of primary amides is 1. The minimum Gasteiger partial charge on any atom is -0.478 e. The number of hydrogen-bond donors (Lipinski definition) is 4. The number of carboxylic acids is 2. The standard InChI is InChI=1S/C4H4O4.CH4N4O/c5-3(6)1-2-4(7)8;2-1(6)4-5-3/h1-2H,(H,5,6)(H,7,8);(H4,2,3,4,6)/b2-1-;. The first kappa shape index (κ1) is 14.1. The van der Waals surface area contributed by atoms with Gasteiger partial charge in [-0.05, 0) is 0 Å². The van der Waals surface area contributed by atoms with E-state index in [9.17, 15) is 14.4 Å². The van der Waals surface area contributed by atoms with Gasteiger partial charge in [0.15, 0.2) is 0 Å². The molecule has 0 spiro atoms. The zero-order valence-electron chi connectivity index (χ0n) is 6.82. The number of aliphatic carboxylic acids is 2. The fourth-order valence-electron chi connectivity index (χ4n) is 0.199. The molecule has 0 saturated carbocycles. The van der Waals surface area contributed by atoms with E-state index in [1.807, 2.05) is 0 Å². The van der Waals surface area contributed by atoms with Crippen LogP contribution in [-0.4, -0.2) is 28.2 Å². The van der Waals surface area contributed by atoms with Gasteiger partial charge in [0.2, 0.25) is 0 Å². The summed E-state index contributed by atoms with van der Waals surface area (Å²) in [5.41, 5.74) is 4.42. The Morgan fingerprint density at radius 2 is 1.43 bits per heavy atom. The molecule has 0 fully saturated rings. The molecule has 0 heterocycles. The molecule has 78 valence electrons. The maximum atomic E-state index is 9.55. The second-order valence-corrected chi connectivity index (χ2v) is 1.56. The first-order valence-corrected chi connectivity index (χ1v) is 2.94. The van der Waals surface area contributed by atoms with Crippen molar-refractivity contribution >= 4 is 18.0 Å². The van der Waals surface area contributed by atoms with Crippen molar-refractivity contribution in [2.75, 3.05) is 0 Å². The molecule has 0 saturated heterocycles. The molecule has 0 aromatic carbocycles. The molecule has 6 N–H and O–H groups in total. The van der Waals surface area contributed by atoms with Crippen LogP contribution in [0.2, 0.25) is 0 Å². The Morgan fingerprint density at radius 3 is 1.50 bits per heavy atom. The second kappa shape index (κ2) is 8.64. The molecule has 0 bridgehead atoms. The van der Waals surface area contributed by atoms with Crippen LogP contribution >= 0.6 is 0 Å². The van der Waals surface area contributed by atoms with Gasteiger partial charge in [-0.25, -0.2) is 14.4 Å². The fourth-order valence-corrected chi connectivity index (χ4v) is 0.199. The molecule has 9 heteroatoms. The Labute approximate surface area is 77.7 Å². The van der Waals surface area contributed by atoms with Gasteiger partial charge in [0, 0.05) is 12.2 Å². The highest BCUT2D eigenvalue weighted by molar-refractivity contribution is 5.89. The van der Waals surface area contributed by atoms with E-state index >= 15 is 0 Å². The van der Waals surface area contributed by atoms with Crippen molar-refractivity contribution < 1.29 is 24.6 Å². The molecule has 0 unspecified atom stereocenters. The fraction of sp³-hybridized carbons (Fsp3) is 0. The normalized spacial score (nSPS) is 9.43. The van der Waals surface area contributed by atoms with Gasteiger partial charge in [-0.3, -0.25) is 0 Å². The number of nitrogens with zero attached hydrogens (tertiary/aromatic N) is 2. The summed E-state index contributed by atoms with van der Waals surface area (Å²) in [7, 11) is 0. The first-order chi connectivity index (χ1) is 6.40. The van der Waals surface area contributed by atoms with Crippen molar-refractivity contribution in [2.24, 2.45) is 21.9 Å². The highest BCUT2D eigenvalue weighted by Crippen LogP contribution is 1.70. The lowest BCUT2D eigenvalue weighted by Crippen LogP contribution is -2.03. The number of amides is 2. The van der Waals surface area contributed by atoms with E-state index in [0.717, 1.165) is 0 Å². The number of hydrogen-bond acceptors (Lipinski definition) is 4. The van der Waals surface area contributed by atoms with Crippen LogP contribution in [0, 0.1) is 0 Å². The Kier molecular flexibility index (Phi) is 8.70. The van der Waals surface area contributed by atoms with Crippen LogP contribution in [0.4, 0.5) is 4.79 Å². The lowest BCUT2D eigenvalue weighted by atomic mass is 10.5. The molecule has 0 aromatic rings. The van der Waals surface area contributed by atoms with Gasteiger partial charge in [0.25, 0.3) is 0 Å². The molecule has 2 amide bonds. The molecule has 0 aliphatic carbocycles. The van der Waals surface area contributed by atoms with Crippen LogP contribution in [0.25, 0.3) is 0 Å². The van der Waals surface area contributed by atoms with Gasteiger partial charge in [0.05, 0.1) is 0 Å². The van der Waals surface area contributed by atoms with Crippen LogP contribution in [0.15, 0.2) is 22.5 Å². The van der Waals surface area contributed by atoms with E-state index in [1.54, 1.807) is 0 Å². The summed E-state index contributed by atoms with van der Waals surface area (Å²) in [6.45, 7) is 0. The predicted octanol–water partition coefficient (Wildman–Crippen LogP) is -0.897. The second-order valence-electron chi connectivity index (χ2n) is 1.56. The summed E-state index contributed by atoms with van der Waals surface area (Å²) >= 11 is 0. The van der Waals surface area contributed by atoms with Gasteiger partial charge < -0.3 is 21.8 Å². The molecular weight excluding hydrogens is 196 g/mol. The summed E-state index contributed by atoms with van der Waals surface area (Å²) in [5.74, 6) is 1.87. The summed E-state index contributed by atoms with van der Waals surface area (Å²) in [6, 6.07) is -0.877. The monoisotopic (exact) mass is 204 g/mol. The quantitative estimate of drug-likeness (QED) is 0.196. The van der Waals surface area contributed by atoms with Crippen LogP contribution in [0.1, 0.15) is 0 Å². The number of rotatable bonds is 2. The molecule has 0 aromatic heterocycles. The van der Waals surface area contributed by atoms with Crippen LogP contribution < -0.4 is 11.6 Å². The number of nitrogens with two attached hydrogens (primary N) is 2. The lowest BCUT2D eigenvalue weighted by Gasteiger charge is -1.74. The molecule has 0 aliphatic heterocycles. The Morgan fingerprint density at radius 1 is 1.07 bits per heavy atom. The maximum Gasteiger partial charge on any atom is 0.358 e. The van der Waals surface area contributed by atoms with E-state index < -0.39 is 18.0 Å². The van der Waals surface area contributed by atoms with Gasteiger partial charge in [-0.1, -0.05) is 10.3 Å². The van der Waals surface area contributed by atoms with E-state index in [-0.39, 0.29) is 0 Å². The zero-order valence-corrected chi connectivity index (χ0v) is 6.82. The van der Waals surface area contributed by atoms with Crippen molar-refractivity contribution in [2.45, 2.75) is 0 Å². The number of urea groups is 1. The summed E-state index contributed by atoms with van der Waals surface area (Å²) < 4.78 is 0.